The molecule has 2 nitrogen and oxygen atoms in total. The SMILES string of the molecule is CC(O)CN(C)Cc1ccccc1.Cl. The predicted octanol–water partition coefficient (Wildman–Crippen LogP) is 1.92. The summed E-state index contributed by atoms with van der Waals surface area (Å²) in [5, 5.41) is 9.16. The summed E-state index contributed by atoms with van der Waals surface area (Å²) in [4.78, 5) is 2.11. The first-order valence-corrected chi connectivity index (χ1v) is 4.59. The number of nitrogens with zero attached hydrogens (tertiary/aromatic N) is 1. The summed E-state index contributed by atoms with van der Waals surface area (Å²) in [6, 6.07) is 10.3. The molecule has 0 spiro atoms. The molecule has 1 atom stereocenters. The fourth-order valence-corrected chi connectivity index (χ4v) is 1.41. The van der Waals surface area contributed by atoms with E-state index in [2.05, 4.69) is 17.0 Å². The lowest BCUT2D eigenvalue weighted by Gasteiger charge is -2.17. The molecular weight excluding hydrogens is 198 g/mol. The standard InChI is InChI=1S/C11H17NO.ClH/c1-10(13)8-12(2)9-11-6-4-3-5-7-11;/h3-7,10,13H,8-9H2,1-2H3;1H. The fourth-order valence-electron chi connectivity index (χ4n) is 1.41. The maximum atomic E-state index is 9.16. The molecule has 1 rings (SSSR count). The van der Waals surface area contributed by atoms with Crippen LogP contribution in [0.2, 0.25) is 0 Å². The van der Waals surface area contributed by atoms with E-state index in [0.29, 0.717) is 0 Å². The normalized spacial score (nSPS) is 12.3. The van der Waals surface area contributed by atoms with Crippen molar-refractivity contribution in [3.8, 4) is 0 Å². The summed E-state index contributed by atoms with van der Waals surface area (Å²) in [6.45, 7) is 3.42. The Morgan fingerprint density at radius 2 is 1.86 bits per heavy atom. The van der Waals surface area contributed by atoms with E-state index in [1.165, 1.54) is 5.56 Å². The molecule has 0 amide bonds. The monoisotopic (exact) mass is 215 g/mol. The van der Waals surface area contributed by atoms with Crippen LogP contribution in [0.4, 0.5) is 0 Å². The van der Waals surface area contributed by atoms with E-state index in [0.717, 1.165) is 13.1 Å². The molecule has 80 valence electrons. The van der Waals surface area contributed by atoms with Gasteiger partial charge in [-0.25, -0.2) is 0 Å². The van der Waals surface area contributed by atoms with Crippen molar-refractivity contribution in [2.45, 2.75) is 19.6 Å². The zero-order valence-electron chi connectivity index (χ0n) is 8.68. The van der Waals surface area contributed by atoms with Gasteiger partial charge in [-0.2, -0.15) is 0 Å². The van der Waals surface area contributed by atoms with E-state index in [9.17, 15) is 0 Å². The molecule has 0 saturated carbocycles. The molecule has 0 aliphatic rings. The van der Waals surface area contributed by atoms with Gasteiger partial charge in [0.15, 0.2) is 0 Å². The molecule has 14 heavy (non-hydrogen) atoms. The molecule has 0 fully saturated rings. The molecule has 3 heteroatoms. The molecule has 0 aromatic heterocycles. The van der Waals surface area contributed by atoms with Crippen molar-refractivity contribution in [3.05, 3.63) is 35.9 Å². The first-order chi connectivity index (χ1) is 6.18. The second kappa shape index (κ2) is 6.82. The third-order valence-electron chi connectivity index (χ3n) is 1.87. The number of aliphatic hydroxyl groups excluding tert-OH is 1. The quantitative estimate of drug-likeness (QED) is 0.830. The van der Waals surface area contributed by atoms with Crippen LogP contribution in [0.25, 0.3) is 0 Å². The second-order valence-electron chi connectivity index (χ2n) is 3.53. The highest BCUT2D eigenvalue weighted by molar-refractivity contribution is 5.85. The minimum Gasteiger partial charge on any atom is -0.392 e. The third kappa shape index (κ3) is 5.22. The molecule has 0 radical (unpaired) electrons. The summed E-state index contributed by atoms with van der Waals surface area (Å²) < 4.78 is 0. The second-order valence-corrected chi connectivity index (χ2v) is 3.53. The summed E-state index contributed by atoms with van der Waals surface area (Å²) >= 11 is 0. The average Bonchev–Trinajstić information content (AvgIpc) is 2.04. The Morgan fingerprint density at radius 3 is 2.36 bits per heavy atom. The Morgan fingerprint density at radius 1 is 1.29 bits per heavy atom. The minimum atomic E-state index is -0.256. The fraction of sp³-hybridized carbons (Fsp3) is 0.455. The van der Waals surface area contributed by atoms with Crippen molar-refractivity contribution < 1.29 is 5.11 Å². The number of hydrogen-bond donors (Lipinski definition) is 1. The van der Waals surface area contributed by atoms with Gasteiger partial charge < -0.3 is 5.11 Å². The largest absolute Gasteiger partial charge is 0.392 e. The maximum Gasteiger partial charge on any atom is 0.0639 e. The van der Waals surface area contributed by atoms with Gasteiger partial charge in [0, 0.05) is 13.1 Å². The Bertz CT molecular complexity index is 238. The number of rotatable bonds is 4. The van der Waals surface area contributed by atoms with Gasteiger partial charge in [-0.15, -0.1) is 12.4 Å². The number of aliphatic hydroxyl groups is 1. The topological polar surface area (TPSA) is 23.5 Å². The van der Waals surface area contributed by atoms with Crippen LogP contribution in [-0.4, -0.2) is 29.7 Å². The third-order valence-corrected chi connectivity index (χ3v) is 1.87. The average molecular weight is 216 g/mol. The van der Waals surface area contributed by atoms with E-state index >= 15 is 0 Å². The van der Waals surface area contributed by atoms with Gasteiger partial charge in [0.05, 0.1) is 6.10 Å². The van der Waals surface area contributed by atoms with Gasteiger partial charge >= 0.3 is 0 Å². The van der Waals surface area contributed by atoms with Gasteiger partial charge in [-0.1, -0.05) is 30.3 Å². The molecule has 0 heterocycles. The molecular formula is C11H18ClNO. The molecule has 1 unspecified atom stereocenters. The van der Waals surface area contributed by atoms with E-state index < -0.39 is 0 Å². The summed E-state index contributed by atoms with van der Waals surface area (Å²) in [5.74, 6) is 0. The Labute approximate surface area is 92.0 Å². The summed E-state index contributed by atoms with van der Waals surface area (Å²) in [6.07, 6.45) is -0.256. The maximum absolute atomic E-state index is 9.16. The van der Waals surface area contributed by atoms with E-state index in [4.69, 9.17) is 5.11 Å². The molecule has 0 aliphatic heterocycles. The minimum absolute atomic E-state index is 0. The first-order valence-electron chi connectivity index (χ1n) is 4.59. The number of halogens is 1. The van der Waals surface area contributed by atoms with Crippen LogP contribution in [-0.2, 0) is 6.54 Å². The molecule has 1 N–H and O–H groups in total. The highest BCUT2D eigenvalue weighted by Crippen LogP contribution is 2.02. The van der Waals surface area contributed by atoms with Crippen LogP contribution < -0.4 is 0 Å². The van der Waals surface area contributed by atoms with E-state index in [-0.39, 0.29) is 18.5 Å². The van der Waals surface area contributed by atoms with Crippen LogP contribution in [0, 0.1) is 0 Å². The molecule has 0 aliphatic carbocycles. The lowest BCUT2D eigenvalue weighted by molar-refractivity contribution is 0.138. The van der Waals surface area contributed by atoms with Crippen molar-refractivity contribution in [1.82, 2.24) is 4.90 Å². The highest BCUT2D eigenvalue weighted by atomic mass is 35.5. The van der Waals surface area contributed by atoms with Gasteiger partial charge in [0.25, 0.3) is 0 Å². The smallest absolute Gasteiger partial charge is 0.0639 e. The van der Waals surface area contributed by atoms with Crippen LogP contribution >= 0.6 is 12.4 Å². The molecule has 0 bridgehead atoms. The van der Waals surface area contributed by atoms with Gasteiger partial charge in [0.2, 0.25) is 0 Å². The van der Waals surface area contributed by atoms with E-state index in [1.807, 2.05) is 32.2 Å². The van der Waals surface area contributed by atoms with Crippen molar-refractivity contribution in [2.75, 3.05) is 13.6 Å². The predicted molar refractivity (Wildman–Crippen MR) is 61.7 cm³/mol. The zero-order valence-corrected chi connectivity index (χ0v) is 9.50. The number of benzene rings is 1. The van der Waals surface area contributed by atoms with Crippen LogP contribution in [0.1, 0.15) is 12.5 Å². The van der Waals surface area contributed by atoms with Gasteiger partial charge in [-0.3, -0.25) is 4.90 Å². The van der Waals surface area contributed by atoms with Crippen LogP contribution in [0.15, 0.2) is 30.3 Å². The Balaban J connectivity index is 0.00000169. The van der Waals surface area contributed by atoms with Crippen molar-refractivity contribution in [2.24, 2.45) is 0 Å². The zero-order chi connectivity index (χ0) is 9.68. The Kier molecular flexibility index (Phi) is 6.54. The Hall–Kier alpha value is -0.570. The van der Waals surface area contributed by atoms with Crippen molar-refractivity contribution >= 4 is 12.4 Å². The van der Waals surface area contributed by atoms with E-state index in [1.54, 1.807) is 0 Å². The highest BCUT2D eigenvalue weighted by Gasteiger charge is 2.02. The molecule has 0 saturated heterocycles. The lowest BCUT2D eigenvalue weighted by Crippen LogP contribution is -2.26. The first kappa shape index (κ1) is 13.4. The number of hydrogen-bond acceptors (Lipinski definition) is 2. The summed E-state index contributed by atoms with van der Waals surface area (Å²) in [7, 11) is 2.01. The summed E-state index contributed by atoms with van der Waals surface area (Å²) in [5.41, 5.74) is 1.28. The van der Waals surface area contributed by atoms with Crippen LogP contribution in [0.5, 0.6) is 0 Å². The van der Waals surface area contributed by atoms with Crippen molar-refractivity contribution in [3.63, 3.8) is 0 Å². The molecule has 1 aromatic rings. The van der Waals surface area contributed by atoms with Gasteiger partial charge in [0.1, 0.15) is 0 Å². The van der Waals surface area contributed by atoms with Crippen molar-refractivity contribution in [1.29, 1.82) is 0 Å². The van der Waals surface area contributed by atoms with Crippen LogP contribution in [0.3, 0.4) is 0 Å². The number of likely N-dealkylation sites (N-methyl/N-ethyl adjacent to an activating group) is 1. The molecule has 1 aromatic carbocycles. The lowest BCUT2D eigenvalue weighted by atomic mass is 10.2. The van der Waals surface area contributed by atoms with Gasteiger partial charge in [-0.05, 0) is 19.5 Å².